The zero-order chi connectivity index (χ0) is 9.26. The zero-order valence-electron chi connectivity index (χ0n) is 7.11. The van der Waals surface area contributed by atoms with Crippen molar-refractivity contribution in [2.75, 3.05) is 0 Å². The first-order chi connectivity index (χ1) is 6.36. The van der Waals surface area contributed by atoms with E-state index in [1.165, 1.54) is 13.0 Å². The summed E-state index contributed by atoms with van der Waals surface area (Å²) in [7, 11) is 0. The van der Waals surface area contributed by atoms with Gasteiger partial charge in [0.05, 0.1) is 0 Å². The number of aldehydes is 1. The summed E-state index contributed by atoms with van der Waals surface area (Å²) < 4.78 is 2.77. The van der Waals surface area contributed by atoms with Crippen LogP contribution in [0.15, 0.2) is 24.3 Å². The number of hydrogen-bond acceptors (Lipinski definition) is 1. The molecule has 0 aliphatic carbocycles. The van der Waals surface area contributed by atoms with E-state index in [9.17, 15) is 4.79 Å². The summed E-state index contributed by atoms with van der Waals surface area (Å²) in [5.74, 6) is 2.18. The van der Waals surface area contributed by atoms with Gasteiger partial charge in [0.1, 0.15) is 0 Å². The molecule has 0 fully saturated rings. The van der Waals surface area contributed by atoms with Gasteiger partial charge in [-0.25, -0.2) is 0 Å². The van der Waals surface area contributed by atoms with E-state index in [4.69, 9.17) is 0 Å². The predicted molar refractivity (Wildman–Crippen MR) is 57.5 cm³/mol. The molecule has 0 saturated heterocycles. The van der Waals surface area contributed by atoms with Crippen LogP contribution in [0.1, 0.15) is 10.4 Å². The molecule has 0 aliphatic rings. The summed E-state index contributed by atoms with van der Waals surface area (Å²) in [5.41, 5.74) is 0.970. The molecule has 0 atom stereocenters. The summed E-state index contributed by atoms with van der Waals surface area (Å²) in [6.45, 7) is 0. The molecule has 2 aromatic rings. The summed E-state index contributed by atoms with van der Waals surface area (Å²) in [4.78, 5) is 10.9. The quantitative estimate of drug-likeness (QED) is 0.599. The van der Waals surface area contributed by atoms with Crippen molar-refractivity contribution < 1.29 is 4.79 Å². The standard InChI is InChI=1S/C10H8OSe2/c1-12-10-8(6-11)7-4-2-3-5-9(7)13-10/h2-6H,1H3. The maximum absolute atomic E-state index is 10.9. The fraction of sp³-hybridized carbons (Fsp3) is 0.100. The van der Waals surface area contributed by atoms with Crippen molar-refractivity contribution in [1.82, 2.24) is 0 Å². The molecule has 1 nitrogen and oxygen atoms in total. The van der Waals surface area contributed by atoms with Crippen LogP contribution in [0.25, 0.3) is 9.65 Å². The summed E-state index contributed by atoms with van der Waals surface area (Å²) >= 11 is 0.900. The average molecular weight is 302 g/mol. The number of rotatable bonds is 2. The Morgan fingerprint density at radius 2 is 2.15 bits per heavy atom. The van der Waals surface area contributed by atoms with E-state index in [2.05, 4.69) is 24.0 Å². The van der Waals surface area contributed by atoms with Gasteiger partial charge in [-0.3, -0.25) is 0 Å². The molecule has 1 aromatic carbocycles. The van der Waals surface area contributed by atoms with Crippen LogP contribution in [-0.2, 0) is 0 Å². The topological polar surface area (TPSA) is 17.1 Å². The molecular weight excluding hydrogens is 294 g/mol. The predicted octanol–water partition coefficient (Wildman–Crippen LogP) is 1.09. The third-order valence-electron chi connectivity index (χ3n) is 1.90. The Morgan fingerprint density at radius 3 is 2.85 bits per heavy atom. The van der Waals surface area contributed by atoms with Crippen molar-refractivity contribution in [3.63, 3.8) is 0 Å². The molecular formula is C10H8OSe2. The van der Waals surface area contributed by atoms with Crippen LogP contribution in [0.2, 0.25) is 5.82 Å². The van der Waals surface area contributed by atoms with Crippen molar-refractivity contribution in [2.45, 2.75) is 5.82 Å². The van der Waals surface area contributed by atoms with Crippen LogP contribution in [0.3, 0.4) is 0 Å². The first kappa shape index (κ1) is 9.23. The third-order valence-corrected chi connectivity index (χ3v) is 7.93. The van der Waals surface area contributed by atoms with Gasteiger partial charge in [0.25, 0.3) is 0 Å². The van der Waals surface area contributed by atoms with E-state index in [1.54, 1.807) is 0 Å². The Balaban J connectivity index is 2.81. The zero-order valence-corrected chi connectivity index (χ0v) is 10.5. The SMILES string of the molecule is C[Se]c1[se]c2ccccc2c1C=O. The molecule has 13 heavy (non-hydrogen) atoms. The van der Waals surface area contributed by atoms with E-state index in [0.717, 1.165) is 11.8 Å². The molecule has 66 valence electrons. The third kappa shape index (κ3) is 1.53. The fourth-order valence-corrected chi connectivity index (χ4v) is 6.05. The van der Waals surface area contributed by atoms with Crippen LogP contribution in [-0.4, -0.2) is 35.7 Å². The van der Waals surface area contributed by atoms with Crippen LogP contribution < -0.4 is 3.34 Å². The van der Waals surface area contributed by atoms with E-state index in [0.29, 0.717) is 29.5 Å². The summed E-state index contributed by atoms with van der Waals surface area (Å²) in [5, 5.41) is 1.18. The average Bonchev–Trinajstić information content (AvgIpc) is 2.55. The van der Waals surface area contributed by atoms with E-state index < -0.39 is 0 Å². The Hall–Kier alpha value is -0.331. The van der Waals surface area contributed by atoms with Gasteiger partial charge in [0, 0.05) is 0 Å². The molecule has 2 rings (SSSR count). The van der Waals surface area contributed by atoms with Crippen LogP contribution in [0.4, 0.5) is 0 Å². The molecule has 0 N–H and O–H groups in total. The van der Waals surface area contributed by atoms with Gasteiger partial charge in [0.15, 0.2) is 0 Å². The summed E-state index contributed by atoms with van der Waals surface area (Å²) in [6, 6.07) is 8.25. The minimum atomic E-state index is 0.418. The number of carbonyl (C=O) groups is 1. The minimum absolute atomic E-state index is 0.418. The van der Waals surface area contributed by atoms with Crippen LogP contribution in [0, 0.1) is 0 Å². The molecule has 0 unspecified atom stereocenters. The van der Waals surface area contributed by atoms with E-state index >= 15 is 0 Å². The molecule has 0 spiro atoms. The molecule has 0 amide bonds. The van der Waals surface area contributed by atoms with Crippen molar-refractivity contribution in [1.29, 1.82) is 0 Å². The van der Waals surface area contributed by atoms with Crippen molar-refractivity contribution >= 4 is 48.7 Å². The number of benzene rings is 1. The van der Waals surface area contributed by atoms with Crippen LogP contribution >= 0.6 is 0 Å². The molecule has 1 heterocycles. The van der Waals surface area contributed by atoms with Gasteiger partial charge in [-0.05, 0) is 0 Å². The normalized spacial score (nSPS) is 10.5. The molecule has 0 aliphatic heterocycles. The second kappa shape index (κ2) is 3.81. The maximum atomic E-state index is 10.9. The monoisotopic (exact) mass is 304 g/mol. The van der Waals surface area contributed by atoms with Crippen LogP contribution in [0.5, 0.6) is 0 Å². The fourth-order valence-electron chi connectivity index (χ4n) is 1.31. The van der Waals surface area contributed by atoms with Gasteiger partial charge in [-0.2, -0.15) is 0 Å². The Labute approximate surface area is 89.0 Å². The Morgan fingerprint density at radius 1 is 1.38 bits per heavy atom. The molecule has 0 saturated carbocycles. The summed E-state index contributed by atoms with van der Waals surface area (Å²) in [6.07, 6.45) is 1.02. The molecule has 0 bridgehead atoms. The second-order valence-electron chi connectivity index (χ2n) is 2.62. The first-order valence-electron chi connectivity index (χ1n) is 3.87. The second-order valence-corrected chi connectivity index (χ2v) is 7.85. The van der Waals surface area contributed by atoms with E-state index in [-0.39, 0.29) is 0 Å². The van der Waals surface area contributed by atoms with E-state index in [1.807, 2.05) is 6.07 Å². The molecule has 1 aromatic heterocycles. The number of carbonyl (C=O) groups excluding carboxylic acids is 1. The molecule has 3 heteroatoms. The number of hydrogen-bond donors (Lipinski definition) is 0. The van der Waals surface area contributed by atoms with Gasteiger partial charge in [0.2, 0.25) is 0 Å². The number of fused-ring (bicyclic) bond motifs is 1. The first-order valence-corrected chi connectivity index (χ1v) is 8.16. The van der Waals surface area contributed by atoms with Crippen molar-refractivity contribution in [2.24, 2.45) is 0 Å². The Kier molecular flexibility index (Phi) is 2.71. The Bertz CT molecular complexity index is 445. The van der Waals surface area contributed by atoms with Gasteiger partial charge >= 0.3 is 89.2 Å². The van der Waals surface area contributed by atoms with Gasteiger partial charge < -0.3 is 0 Å². The van der Waals surface area contributed by atoms with Crippen molar-refractivity contribution in [3.05, 3.63) is 29.8 Å². The van der Waals surface area contributed by atoms with Gasteiger partial charge in [-0.15, -0.1) is 0 Å². The van der Waals surface area contributed by atoms with Crippen molar-refractivity contribution in [3.8, 4) is 0 Å². The molecule has 0 radical (unpaired) electrons. The van der Waals surface area contributed by atoms with Gasteiger partial charge in [-0.1, -0.05) is 0 Å².